The van der Waals surface area contributed by atoms with E-state index < -0.39 is 0 Å². The summed E-state index contributed by atoms with van der Waals surface area (Å²) < 4.78 is 0. The molecule has 1 rings (SSSR count). The minimum Gasteiger partial charge on any atom is -0.247 e. The Morgan fingerprint density at radius 1 is 1.60 bits per heavy atom. The van der Waals surface area contributed by atoms with Gasteiger partial charge in [0, 0.05) is 5.38 Å². The topological polar surface area (TPSA) is 12.9 Å². The highest BCUT2D eigenvalue weighted by Crippen LogP contribution is 2.11. The van der Waals surface area contributed by atoms with Gasteiger partial charge in [0.05, 0.1) is 10.7 Å². The predicted molar refractivity (Wildman–Crippen MR) is 45.4 cm³/mol. The molecule has 1 nitrogen and oxygen atoms in total. The summed E-state index contributed by atoms with van der Waals surface area (Å²) in [6.07, 6.45) is 1.12. The largest absolute Gasteiger partial charge is 0.247 e. The van der Waals surface area contributed by atoms with Crippen LogP contribution in [0.2, 0.25) is 0 Å². The average molecular weight is 155 g/mol. The Kier molecular flexibility index (Phi) is 2.44. The summed E-state index contributed by atoms with van der Waals surface area (Å²) in [5, 5.41) is 3.32. The van der Waals surface area contributed by atoms with Crippen molar-refractivity contribution in [2.45, 2.75) is 27.2 Å². The minimum absolute atomic E-state index is 0.724. The van der Waals surface area contributed by atoms with E-state index >= 15 is 0 Å². The molecule has 56 valence electrons. The Hall–Kier alpha value is -0.370. The van der Waals surface area contributed by atoms with Gasteiger partial charge in [-0.1, -0.05) is 13.8 Å². The van der Waals surface area contributed by atoms with Crippen molar-refractivity contribution in [2.75, 3.05) is 0 Å². The molecular weight excluding hydrogens is 142 g/mol. The van der Waals surface area contributed by atoms with Gasteiger partial charge < -0.3 is 0 Å². The molecule has 0 unspecified atom stereocenters. The van der Waals surface area contributed by atoms with Gasteiger partial charge in [0.25, 0.3) is 0 Å². The molecule has 1 aromatic heterocycles. The summed E-state index contributed by atoms with van der Waals surface area (Å²) in [5.74, 6) is 0.724. The van der Waals surface area contributed by atoms with Crippen LogP contribution in [0.15, 0.2) is 5.38 Å². The molecule has 1 heterocycles. The van der Waals surface area contributed by atoms with Gasteiger partial charge in [-0.15, -0.1) is 11.3 Å². The zero-order chi connectivity index (χ0) is 7.56. The highest BCUT2D eigenvalue weighted by Gasteiger charge is 1.99. The van der Waals surface area contributed by atoms with Crippen LogP contribution in [0.5, 0.6) is 0 Å². The van der Waals surface area contributed by atoms with Crippen LogP contribution in [0.3, 0.4) is 0 Å². The normalized spacial score (nSPS) is 10.8. The summed E-state index contributed by atoms with van der Waals surface area (Å²) in [6, 6.07) is 0. The van der Waals surface area contributed by atoms with E-state index in [1.807, 2.05) is 0 Å². The maximum Gasteiger partial charge on any atom is 0.0897 e. The predicted octanol–water partition coefficient (Wildman–Crippen LogP) is 2.65. The highest BCUT2D eigenvalue weighted by molar-refractivity contribution is 7.09. The van der Waals surface area contributed by atoms with Crippen molar-refractivity contribution < 1.29 is 0 Å². The quantitative estimate of drug-likeness (QED) is 0.640. The first kappa shape index (κ1) is 7.73. The van der Waals surface area contributed by atoms with E-state index in [1.54, 1.807) is 11.3 Å². The van der Waals surface area contributed by atoms with E-state index in [4.69, 9.17) is 0 Å². The van der Waals surface area contributed by atoms with Gasteiger partial charge >= 0.3 is 0 Å². The fourth-order valence-electron chi connectivity index (χ4n) is 0.920. The molecule has 10 heavy (non-hydrogen) atoms. The zero-order valence-corrected chi connectivity index (χ0v) is 7.53. The van der Waals surface area contributed by atoms with E-state index in [2.05, 4.69) is 31.1 Å². The summed E-state index contributed by atoms with van der Waals surface area (Å²) in [7, 11) is 0. The second-order valence-corrected chi connectivity index (χ2v) is 4.02. The fraction of sp³-hybridized carbons (Fsp3) is 0.625. The molecule has 0 amide bonds. The van der Waals surface area contributed by atoms with Crippen molar-refractivity contribution in [3.8, 4) is 0 Å². The second kappa shape index (κ2) is 3.15. The smallest absolute Gasteiger partial charge is 0.0897 e. The van der Waals surface area contributed by atoms with Crippen molar-refractivity contribution in [2.24, 2.45) is 5.92 Å². The highest BCUT2D eigenvalue weighted by atomic mass is 32.1. The van der Waals surface area contributed by atoms with Crippen LogP contribution in [-0.2, 0) is 6.42 Å². The third-order valence-electron chi connectivity index (χ3n) is 1.28. The Morgan fingerprint density at radius 3 is 2.70 bits per heavy atom. The molecule has 0 fully saturated rings. The molecule has 0 saturated carbocycles. The first-order valence-corrected chi connectivity index (χ1v) is 4.47. The molecule has 2 heteroatoms. The maximum absolute atomic E-state index is 4.37. The SMILES string of the molecule is Cc1nc(CC(C)C)cs1. The molecule has 0 aliphatic heterocycles. The summed E-state index contributed by atoms with van der Waals surface area (Å²) in [6.45, 7) is 6.48. The Labute approximate surface area is 66.1 Å². The van der Waals surface area contributed by atoms with Crippen LogP contribution in [0, 0.1) is 12.8 Å². The van der Waals surface area contributed by atoms with Crippen molar-refractivity contribution >= 4 is 11.3 Å². The Morgan fingerprint density at radius 2 is 2.30 bits per heavy atom. The molecule has 0 N–H and O–H groups in total. The van der Waals surface area contributed by atoms with Gasteiger partial charge in [0.15, 0.2) is 0 Å². The van der Waals surface area contributed by atoms with E-state index in [0.717, 1.165) is 12.3 Å². The van der Waals surface area contributed by atoms with Crippen molar-refractivity contribution in [1.29, 1.82) is 0 Å². The van der Waals surface area contributed by atoms with Crippen molar-refractivity contribution in [1.82, 2.24) is 4.98 Å². The number of nitrogens with zero attached hydrogens (tertiary/aromatic N) is 1. The molecule has 0 radical (unpaired) electrons. The maximum atomic E-state index is 4.37. The lowest BCUT2D eigenvalue weighted by molar-refractivity contribution is 0.637. The number of rotatable bonds is 2. The van der Waals surface area contributed by atoms with Crippen LogP contribution in [0.25, 0.3) is 0 Å². The average Bonchev–Trinajstić information content (AvgIpc) is 2.13. The molecule has 0 aliphatic carbocycles. The van der Waals surface area contributed by atoms with Gasteiger partial charge in [-0.2, -0.15) is 0 Å². The molecular formula is C8H13NS. The molecule has 0 saturated heterocycles. The number of aromatic nitrogens is 1. The standard InChI is InChI=1S/C8H13NS/c1-6(2)4-8-5-10-7(3)9-8/h5-6H,4H2,1-3H3. The van der Waals surface area contributed by atoms with Gasteiger partial charge in [-0.25, -0.2) is 4.98 Å². The van der Waals surface area contributed by atoms with Gasteiger partial charge in [0.1, 0.15) is 0 Å². The lowest BCUT2D eigenvalue weighted by Gasteiger charge is -1.98. The monoisotopic (exact) mass is 155 g/mol. The number of thiazole rings is 1. The van der Waals surface area contributed by atoms with Gasteiger partial charge in [-0.3, -0.25) is 0 Å². The van der Waals surface area contributed by atoms with E-state index in [-0.39, 0.29) is 0 Å². The number of aryl methyl sites for hydroxylation is 1. The van der Waals surface area contributed by atoms with Crippen LogP contribution < -0.4 is 0 Å². The number of hydrogen-bond donors (Lipinski definition) is 0. The third kappa shape index (κ3) is 2.10. The molecule has 1 aromatic rings. The van der Waals surface area contributed by atoms with Crippen LogP contribution in [0.1, 0.15) is 24.5 Å². The first-order chi connectivity index (χ1) is 4.68. The first-order valence-electron chi connectivity index (χ1n) is 3.59. The van der Waals surface area contributed by atoms with E-state index in [9.17, 15) is 0 Å². The molecule has 0 atom stereocenters. The second-order valence-electron chi connectivity index (χ2n) is 2.96. The number of hydrogen-bond acceptors (Lipinski definition) is 2. The van der Waals surface area contributed by atoms with Crippen LogP contribution in [-0.4, -0.2) is 4.98 Å². The van der Waals surface area contributed by atoms with Crippen molar-refractivity contribution in [3.05, 3.63) is 16.1 Å². The van der Waals surface area contributed by atoms with E-state index in [1.165, 1.54) is 10.7 Å². The lowest BCUT2D eigenvalue weighted by Crippen LogP contribution is -1.93. The molecule has 0 aromatic carbocycles. The van der Waals surface area contributed by atoms with Crippen LogP contribution >= 0.6 is 11.3 Å². The molecule has 0 spiro atoms. The molecule has 0 bridgehead atoms. The van der Waals surface area contributed by atoms with Gasteiger partial charge in [0.2, 0.25) is 0 Å². The zero-order valence-electron chi connectivity index (χ0n) is 6.72. The fourth-order valence-corrected chi connectivity index (χ4v) is 1.55. The van der Waals surface area contributed by atoms with Crippen molar-refractivity contribution in [3.63, 3.8) is 0 Å². The lowest BCUT2D eigenvalue weighted by atomic mass is 10.1. The minimum atomic E-state index is 0.724. The Balaban J connectivity index is 2.58. The Bertz CT molecular complexity index is 203. The van der Waals surface area contributed by atoms with E-state index in [0.29, 0.717) is 0 Å². The van der Waals surface area contributed by atoms with Gasteiger partial charge in [-0.05, 0) is 19.3 Å². The summed E-state index contributed by atoms with van der Waals surface area (Å²) in [5.41, 5.74) is 1.25. The molecule has 0 aliphatic rings. The van der Waals surface area contributed by atoms with Crippen LogP contribution in [0.4, 0.5) is 0 Å². The third-order valence-corrected chi connectivity index (χ3v) is 2.11. The summed E-state index contributed by atoms with van der Waals surface area (Å²) >= 11 is 1.74. The summed E-state index contributed by atoms with van der Waals surface area (Å²) in [4.78, 5) is 4.37.